The summed E-state index contributed by atoms with van der Waals surface area (Å²) in [5, 5.41) is 0. The third kappa shape index (κ3) is 5.35. The molecule has 8 nitrogen and oxygen atoms in total. The fourth-order valence-corrected chi connectivity index (χ4v) is 4.75. The number of esters is 1. The van der Waals surface area contributed by atoms with E-state index < -0.39 is 28.3 Å². The SMILES string of the molecule is CCOc1ccc(C(=O)OCC(=O)N(CC)[C@@H]2CCS(=O)(=O)C2)cc1OC. The number of rotatable bonds is 8. The first-order chi connectivity index (χ1) is 12.8. The summed E-state index contributed by atoms with van der Waals surface area (Å²) < 4.78 is 38.9. The summed E-state index contributed by atoms with van der Waals surface area (Å²) in [5.41, 5.74) is 0.231. The van der Waals surface area contributed by atoms with Crippen molar-refractivity contribution in [2.75, 3.05) is 38.4 Å². The van der Waals surface area contributed by atoms with Crippen LogP contribution < -0.4 is 9.47 Å². The third-order valence-electron chi connectivity index (χ3n) is 4.34. The zero-order chi connectivity index (χ0) is 20.0. The molecule has 0 saturated carbocycles. The first kappa shape index (κ1) is 21.0. The van der Waals surface area contributed by atoms with Gasteiger partial charge in [-0.05, 0) is 38.5 Å². The standard InChI is InChI=1S/C18H25NO7S/c1-4-19(14-8-9-27(22,23)12-14)17(20)11-26-18(21)13-6-7-15(25-5-2)16(10-13)24-3/h6-7,10,14H,4-5,8-9,11-12H2,1-3H3/t14-/m1/s1. The largest absolute Gasteiger partial charge is 0.493 e. The Bertz CT molecular complexity index is 791. The van der Waals surface area contributed by atoms with Crippen molar-refractivity contribution in [1.29, 1.82) is 0 Å². The van der Waals surface area contributed by atoms with Gasteiger partial charge in [0.05, 0.1) is 30.8 Å². The molecule has 27 heavy (non-hydrogen) atoms. The van der Waals surface area contributed by atoms with Crippen LogP contribution in [0.3, 0.4) is 0 Å². The number of benzene rings is 1. The Labute approximate surface area is 159 Å². The molecule has 1 amide bonds. The van der Waals surface area contributed by atoms with E-state index in [1.807, 2.05) is 6.92 Å². The lowest BCUT2D eigenvalue weighted by atomic mass is 10.2. The molecule has 0 aromatic heterocycles. The average Bonchev–Trinajstić information content (AvgIpc) is 3.00. The normalized spacial score (nSPS) is 18.0. The van der Waals surface area contributed by atoms with Crippen LogP contribution in [-0.4, -0.2) is 69.6 Å². The molecule has 0 N–H and O–H groups in total. The van der Waals surface area contributed by atoms with E-state index in [4.69, 9.17) is 14.2 Å². The van der Waals surface area contributed by atoms with Crippen LogP contribution in [0, 0.1) is 0 Å². The second-order valence-electron chi connectivity index (χ2n) is 6.11. The minimum atomic E-state index is -3.10. The number of carbonyl (C=O) groups excluding carboxylic acids is 2. The summed E-state index contributed by atoms with van der Waals surface area (Å²) in [6.45, 7) is 3.97. The van der Waals surface area contributed by atoms with Gasteiger partial charge in [0, 0.05) is 12.6 Å². The molecular weight excluding hydrogens is 374 g/mol. The number of hydrogen-bond donors (Lipinski definition) is 0. The molecule has 1 saturated heterocycles. The average molecular weight is 399 g/mol. The van der Waals surface area contributed by atoms with Crippen LogP contribution in [-0.2, 0) is 19.4 Å². The summed E-state index contributed by atoms with van der Waals surface area (Å²) in [4.78, 5) is 26.1. The summed E-state index contributed by atoms with van der Waals surface area (Å²) >= 11 is 0. The Kier molecular flexibility index (Phi) is 7.06. The highest BCUT2D eigenvalue weighted by Crippen LogP contribution is 2.28. The van der Waals surface area contributed by atoms with Crippen molar-refractivity contribution in [3.05, 3.63) is 23.8 Å². The molecule has 9 heteroatoms. The van der Waals surface area contributed by atoms with Gasteiger partial charge >= 0.3 is 5.97 Å². The number of hydrogen-bond acceptors (Lipinski definition) is 7. The number of ether oxygens (including phenoxy) is 3. The molecule has 1 heterocycles. The van der Waals surface area contributed by atoms with Gasteiger partial charge in [0.15, 0.2) is 27.9 Å². The first-order valence-corrected chi connectivity index (χ1v) is 10.6. The Morgan fingerprint density at radius 1 is 1.22 bits per heavy atom. The second kappa shape index (κ2) is 9.07. The first-order valence-electron chi connectivity index (χ1n) is 8.79. The van der Waals surface area contributed by atoms with Crippen molar-refractivity contribution in [3.8, 4) is 11.5 Å². The van der Waals surface area contributed by atoms with E-state index in [1.54, 1.807) is 13.0 Å². The molecule has 1 aliphatic heterocycles. The Morgan fingerprint density at radius 2 is 1.96 bits per heavy atom. The fraction of sp³-hybridized carbons (Fsp3) is 0.556. The van der Waals surface area contributed by atoms with E-state index in [1.165, 1.54) is 24.1 Å². The van der Waals surface area contributed by atoms with E-state index >= 15 is 0 Å². The zero-order valence-corrected chi connectivity index (χ0v) is 16.6. The topological polar surface area (TPSA) is 99.2 Å². The third-order valence-corrected chi connectivity index (χ3v) is 6.09. The van der Waals surface area contributed by atoms with Crippen LogP contribution >= 0.6 is 0 Å². The van der Waals surface area contributed by atoms with Crippen LogP contribution in [0.1, 0.15) is 30.6 Å². The van der Waals surface area contributed by atoms with Crippen molar-refractivity contribution in [1.82, 2.24) is 4.90 Å². The predicted octanol–water partition coefficient (Wildman–Crippen LogP) is 1.29. The van der Waals surface area contributed by atoms with Gasteiger partial charge < -0.3 is 19.1 Å². The van der Waals surface area contributed by atoms with Crippen molar-refractivity contribution in [2.45, 2.75) is 26.3 Å². The van der Waals surface area contributed by atoms with Gasteiger partial charge in [0.2, 0.25) is 0 Å². The van der Waals surface area contributed by atoms with Crippen LogP contribution in [0.15, 0.2) is 18.2 Å². The Morgan fingerprint density at radius 3 is 2.52 bits per heavy atom. The van der Waals surface area contributed by atoms with E-state index in [9.17, 15) is 18.0 Å². The highest BCUT2D eigenvalue weighted by molar-refractivity contribution is 7.91. The van der Waals surface area contributed by atoms with Crippen LogP contribution in [0.5, 0.6) is 11.5 Å². The van der Waals surface area contributed by atoms with E-state index in [2.05, 4.69) is 0 Å². The molecule has 1 atom stereocenters. The molecular formula is C18H25NO7S. The minimum Gasteiger partial charge on any atom is -0.493 e. The quantitative estimate of drug-likeness (QED) is 0.607. The number of sulfone groups is 1. The monoisotopic (exact) mass is 399 g/mol. The van der Waals surface area contributed by atoms with Gasteiger partial charge in [0.1, 0.15) is 0 Å². The fourth-order valence-electron chi connectivity index (χ4n) is 3.02. The number of carbonyl (C=O) groups is 2. The number of methoxy groups -OCH3 is 1. The lowest BCUT2D eigenvalue weighted by Crippen LogP contribution is -2.43. The number of likely N-dealkylation sites (N-methyl/N-ethyl adjacent to an activating group) is 1. The Balaban J connectivity index is 1.98. The molecule has 1 aliphatic rings. The van der Waals surface area contributed by atoms with Gasteiger partial charge in [-0.1, -0.05) is 0 Å². The van der Waals surface area contributed by atoms with Crippen molar-refractivity contribution < 1.29 is 32.2 Å². The molecule has 0 unspecified atom stereocenters. The van der Waals surface area contributed by atoms with Gasteiger partial charge in [-0.25, -0.2) is 13.2 Å². The van der Waals surface area contributed by atoms with Crippen molar-refractivity contribution >= 4 is 21.7 Å². The number of amides is 1. The van der Waals surface area contributed by atoms with Gasteiger partial charge in [-0.2, -0.15) is 0 Å². The smallest absolute Gasteiger partial charge is 0.338 e. The zero-order valence-electron chi connectivity index (χ0n) is 15.8. The van der Waals surface area contributed by atoms with Crippen LogP contribution in [0.4, 0.5) is 0 Å². The Hall–Kier alpha value is -2.29. The molecule has 0 spiro atoms. The molecule has 0 radical (unpaired) electrons. The molecule has 2 rings (SSSR count). The molecule has 0 bridgehead atoms. The van der Waals surface area contributed by atoms with Gasteiger partial charge in [-0.3, -0.25) is 4.79 Å². The lowest BCUT2D eigenvalue weighted by molar-refractivity contribution is -0.136. The predicted molar refractivity (Wildman–Crippen MR) is 98.9 cm³/mol. The maximum absolute atomic E-state index is 12.4. The summed E-state index contributed by atoms with van der Waals surface area (Å²) in [5.74, 6) is -0.147. The van der Waals surface area contributed by atoms with Crippen LogP contribution in [0.25, 0.3) is 0 Å². The van der Waals surface area contributed by atoms with E-state index in [0.29, 0.717) is 31.1 Å². The molecule has 1 fully saturated rings. The van der Waals surface area contributed by atoms with E-state index in [-0.39, 0.29) is 23.1 Å². The minimum absolute atomic E-state index is 0.0450. The van der Waals surface area contributed by atoms with Gasteiger partial charge in [-0.15, -0.1) is 0 Å². The maximum Gasteiger partial charge on any atom is 0.338 e. The summed E-state index contributed by atoms with van der Waals surface area (Å²) in [6.07, 6.45) is 0.409. The highest BCUT2D eigenvalue weighted by Gasteiger charge is 2.34. The second-order valence-corrected chi connectivity index (χ2v) is 8.34. The summed E-state index contributed by atoms with van der Waals surface area (Å²) in [7, 11) is -1.64. The molecule has 0 aliphatic carbocycles. The maximum atomic E-state index is 12.4. The molecule has 1 aromatic rings. The van der Waals surface area contributed by atoms with Gasteiger partial charge in [0.25, 0.3) is 5.91 Å². The van der Waals surface area contributed by atoms with Crippen molar-refractivity contribution in [2.24, 2.45) is 0 Å². The lowest BCUT2D eigenvalue weighted by Gasteiger charge is -2.26. The van der Waals surface area contributed by atoms with Crippen LogP contribution in [0.2, 0.25) is 0 Å². The van der Waals surface area contributed by atoms with Crippen molar-refractivity contribution in [3.63, 3.8) is 0 Å². The van der Waals surface area contributed by atoms with E-state index in [0.717, 1.165) is 0 Å². The summed E-state index contributed by atoms with van der Waals surface area (Å²) in [6, 6.07) is 4.25. The highest BCUT2D eigenvalue weighted by atomic mass is 32.2. The molecule has 1 aromatic carbocycles. The number of nitrogens with zero attached hydrogens (tertiary/aromatic N) is 1. The molecule has 150 valence electrons.